The predicted octanol–water partition coefficient (Wildman–Crippen LogP) is 12.4. The first-order valence-electron chi connectivity index (χ1n) is 18.3. The standard InChI is InChI=1S/C50H29N5/c51-30-32-20-26-42-40-13-3-5-16-44(40)53(48(42)28-32)35-23-21-33(22-24-35)37-15-9-10-34(31-52)50(37)55-47-19-8-4-14-41(47)43-27-25-36(29-49(43)55)54-45-17-6-1-11-38(45)39-12-2-7-18-46(39)54/h1-29H. The van der Waals surface area contributed by atoms with E-state index in [1.54, 1.807) is 0 Å². The summed E-state index contributed by atoms with van der Waals surface area (Å²) in [5.41, 5.74) is 12.5. The molecule has 0 aliphatic heterocycles. The number of para-hydroxylation sites is 5. The zero-order valence-electron chi connectivity index (χ0n) is 29.5. The fraction of sp³-hybridized carbons (Fsp3) is 0. The Hall–Kier alpha value is -7.86. The van der Waals surface area contributed by atoms with E-state index < -0.39 is 0 Å². The Bertz CT molecular complexity index is 3400. The topological polar surface area (TPSA) is 62.4 Å². The summed E-state index contributed by atoms with van der Waals surface area (Å²) < 4.78 is 6.85. The van der Waals surface area contributed by atoms with E-state index in [0.29, 0.717) is 11.1 Å². The number of fused-ring (bicyclic) bond motifs is 9. The Morgan fingerprint density at radius 2 is 0.818 bits per heavy atom. The van der Waals surface area contributed by atoms with Crippen molar-refractivity contribution in [3.63, 3.8) is 0 Å². The molecule has 0 saturated heterocycles. The first-order chi connectivity index (χ1) is 27.2. The van der Waals surface area contributed by atoms with Crippen molar-refractivity contribution in [1.29, 1.82) is 10.5 Å². The van der Waals surface area contributed by atoms with Crippen molar-refractivity contribution in [2.75, 3.05) is 0 Å². The maximum atomic E-state index is 10.7. The number of hydrogen-bond acceptors (Lipinski definition) is 2. The minimum Gasteiger partial charge on any atom is -0.309 e. The van der Waals surface area contributed by atoms with Gasteiger partial charge in [0.25, 0.3) is 0 Å². The number of nitrogens with zero attached hydrogens (tertiary/aromatic N) is 5. The average Bonchev–Trinajstić information content (AvgIpc) is 3.88. The smallest absolute Gasteiger partial charge is 0.101 e. The highest BCUT2D eigenvalue weighted by atomic mass is 15.0. The molecule has 0 radical (unpaired) electrons. The van der Waals surface area contributed by atoms with Crippen LogP contribution >= 0.6 is 0 Å². The van der Waals surface area contributed by atoms with Crippen LogP contribution in [0.5, 0.6) is 0 Å². The Labute approximate surface area is 316 Å². The molecule has 0 aliphatic rings. The summed E-state index contributed by atoms with van der Waals surface area (Å²) >= 11 is 0. The van der Waals surface area contributed by atoms with Crippen LogP contribution in [0.1, 0.15) is 11.1 Å². The summed E-state index contributed by atoms with van der Waals surface area (Å²) in [5, 5.41) is 27.4. The number of rotatable bonds is 4. The molecule has 55 heavy (non-hydrogen) atoms. The average molecular weight is 700 g/mol. The van der Waals surface area contributed by atoms with Crippen molar-refractivity contribution in [3.05, 3.63) is 187 Å². The summed E-state index contributed by atoms with van der Waals surface area (Å²) in [6.07, 6.45) is 0. The Kier molecular flexibility index (Phi) is 6.61. The maximum Gasteiger partial charge on any atom is 0.101 e. The van der Waals surface area contributed by atoms with E-state index >= 15 is 0 Å². The van der Waals surface area contributed by atoms with E-state index in [4.69, 9.17) is 0 Å². The fourth-order valence-corrected chi connectivity index (χ4v) is 8.76. The molecule has 0 unspecified atom stereocenters. The molecule has 0 N–H and O–H groups in total. The molecule has 8 aromatic carbocycles. The van der Waals surface area contributed by atoms with Crippen LogP contribution in [0, 0.1) is 22.7 Å². The molecule has 5 nitrogen and oxygen atoms in total. The molecule has 0 amide bonds. The van der Waals surface area contributed by atoms with Crippen molar-refractivity contribution in [2.24, 2.45) is 0 Å². The monoisotopic (exact) mass is 699 g/mol. The zero-order valence-corrected chi connectivity index (χ0v) is 29.5. The van der Waals surface area contributed by atoms with E-state index in [2.05, 4.69) is 171 Å². The minimum atomic E-state index is 0.595. The van der Waals surface area contributed by atoms with Crippen LogP contribution in [0.25, 0.3) is 93.6 Å². The fourth-order valence-electron chi connectivity index (χ4n) is 8.76. The van der Waals surface area contributed by atoms with Gasteiger partial charge in [0, 0.05) is 49.3 Å². The molecule has 0 bridgehead atoms. The van der Waals surface area contributed by atoms with Gasteiger partial charge < -0.3 is 13.7 Å². The lowest BCUT2D eigenvalue weighted by atomic mass is 9.99. The van der Waals surface area contributed by atoms with Crippen LogP contribution in [0.15, 0.2) is 176 Å². The highest BCUT2D eigenvalue weighted by Gasteiger charge is 2.21. The second-order valence-corrected chi connectivity index (χ2v) is 14.0. The molecule has 0 spiro atoms. The Morgan fingerprint density at radius 3 is 1.38 bits per heavy atom. The van der Waals surface area contributed by atoms with Gasteiger partial charge in [0.2, 0.25) is 0 Å². The number of aromatic nitrogens is 3. The summed E-state index contributed by atoms with van der Waals surface area (Å²) in [4.78, 5) is 0. The van der Waals surface area contributed by atoms with E-state index in [-0.39, 0.29) is 0 Å². The third-order valence-electron chi connectivity index (χ3n) is 11.1. The van der Waals surface area contributed by atoms with Crippen LogP contribution in [0.2, 0.25) is 0 Å². The second kappa shape index (κ2) is 11.8. The normalized spacial score (nSPS) is 11.6. The molecule has 11 aromatic rings. The summed E-state index contributed by atoms with van der Waals surface area (Å²) in [5.74, 6) is 0. The molecule has 0 saturated carbocycles. The van der Waals surface area contributed by atoms with Gasteiger partial charge in [-0.3, -0.25) is 0 Å². The van der Waals surface area contributed by atoms with E-state index in [1.165, 1.54) is 10.8 Å². The third-order valence-corrected chi connectivity index (χ3v) is 11.1. The van der Waals surface area contributed by atoms with Gasteiger partial charge in [-0.25, -0.2) is 0 Å². The molecule has 11 rings (SSSR count). The first-order valence-corrected chi connectivity index (χ1v) is 18.3. The van der Waals surface area contributed by atoms with Crippen LogP contribution in [-0.2, 0) is 0 Å². The van der Waals surface area contributed by atoms with Gasteiger partial charge in [0.15, 0.2) is 0 Å². The van der Waals surface area contributed by atoms with E-state index in [0.717, 1.165) is 82.8 Å². The predicted molar refractivity (Wildman–Crippen MR) is 224 cm³/mol. The number of hydrogen-bond donors (Lipinski definition) is 0. The molecular weight excluding hydrogens is 671 g/mol. The highest BCUT2D eigenvalue weighted by Crippen LogP contribution is 2.41. The largest absolute Gasteiger partial charge is 0.309 e. The van der Waals surface area contributed by atoms with Gasteiger partial charge in [0.05, 0.1) is 56.0 Å². The summed E-state index contributed by atoms with van der Waals surface area (Å²) in [6, 6.07) is 66.0. The molecule has 254 valence electrons. The quantitative estimate of drug-likeness (QED) is 0.184. The van der Waals surface area contributed by atoms with Gasteiger partial charge in [-0.05, 0) is 72.3 Å². The van der Waals surface area contributed by atoms with Crippen molar-refractivity contribution in [3.8, 4) is 40.3 Å². The van der Waals surface area contributed by atoms with Crippen LogP contribution < -0.4 is 0 Å². The maximum absolute atomic E-state index is 10.7. The van der Waals surface area contributed by atoms with E-state index in [9.17, 15) is 10.5 Å². The SMILES string of the molecule is N#Cc1ccc2c3ccccc3n(-c3ccc(-c4cccc(C#N)c4-n4c5ccccc5c5ccc(-n6c7ccccc7c7ccccc76)cc54)cc3)c2c1. The lowest BCUT2D eigenvalue weighted by molar-refractivity contribution is 1.15. The molecule has 0 aliphatic carbocycles. The first kappa shape index (κ1) is 30.7. The number of benzene rings is 8. The molecule has 0 atom stereocenters. The molecule has 3 heterocycles. The van der Waals surface area contributed by atoms with Crippen molar-refractivity contribution in [1.82, 2.24) is 13.7 Å². The zero-order chi connectivity index (χ0) is 36.6. The molecule has 0 fully saturated rings. The molecule has 5 heteroatoms. The van der Waals surface area contributed by atoms with Crippen LogP contribution in [0.3, 0.4) is 0 Å². The van der Waals surface area contributed by atoms with E-state index in [1.807, 2.05) is 30.3 Å². The van der Waals surface area contributed by atoms with Gasteiger partial charge in [0.1, 0.15) is 6.07 Å². The second-order valence-electron chi connectivity index (χ2n) is 14.0. The lowest BCUT2D eigenvalue weighted by Crippen LogP contribution is -2.02. The van der Waals surface area contributed by atoms with Gasteiger partial charge in [-0.2, -0.15) is 10.5 Å². The van der Waals surface area contributed by atoms with Gasteiger partial charge >= 0.3 is 0 Å². The van der Waals surface area contributed by atoms with Crippen LogP contribution in [-0.4, -0.2) is 13.7 Å². The highest BCUT2D eigenvalue weighted by molar-refractivity contribution is 6.13. The van der Waals surface area contributed by atoms with Crippen molar-refractivity contribution in [2.45, 2.75) is 0 Å². The Morgan fingerprint density at radius 1 is 0.345 bits per heavy atom. The molecular formula is C50H29N5. The number of nitriles is 2. The van der Waals surface area contributed by atoms with Gasteiger partial charge in [-0.15, -0.1) is 0 Å². The summed E-state index contributed by atoms with van der Waals surface area (Å²) in [7, 11) is 0. The van der Waals surface area contributed by atoms with Gasteiger partial charge in [-0.1, -0.05) is 109 Å². The van der Waals surface area contributed by atoms with Crippen molar-refractivity contribution >= 4 is 65.4 Å². The molecule has 3 aromatic heterocycles. The lowest BCUT2D eigenvalue weighted by Gasteiger charge is -2.17. The Balaban J connectivity index is 1.14. The van der Waals surface area contributed by atoms with Crippen LogP contribution in [0.4, 0.5) is 0 Å². The summed E-state index contributed by atoms with van der Waals surface area (Å²) in [6.45, 7) is 0. The van der Waals surface area contributed by atoms with Crippen molar-refractivity contribution < 1.29 is 0 Å². The third kappa shape index (κ3) is 4.45. The minimum absolute atomic E-state index is 0.595.